The summed E-state index contributed by atoms with van der Waals surface area (Å²) in [6.07, 6.45) is 0.870. The predicted molar refractivity (Wildman–Crippen MR) is 76.2 cm³/mol. The van der Waals surface area contributed by atoms with Crippen LogP contribution in [0.1, 0.15) is 37.9 Å². The molecule has 0 aliphatic heterocycles. The highest BCUT2D eigenvalue weighted by molar-refractivity contribution is 5.37. The van der Waals surface area contributed by atoms with Gasteiger partial charge in [0.15, 0.2) is 0 Å². The third-order valence-electron chi connectivity index (χ3n) is 2.66. The summed E-state index contributed by atoms with van der Waals surface area (Å²) in [6, 6.07) is 3.82. The number of aryl methyl sites for hydroxylation is 2. The van der Waals surface area contributed by atoms with Crippen LogP contribution in [0.15, 0.2) is 12.1 Å². The van der Waals surface area contributed by atoms with E-state index in [1.165, 1.54) is 0 Å². The van der Waals surface area contributed by atoms with E-state index in [1.54, 1.807) is 4.68 Å². The van der Waals surface area contributed by atoms with Crippen LogP contribution in [0.3, 0.4) is 0 Å². The number of hydrogen-bond donors (Lipinski definition) is 1. The van der Waals surface area contributed by atoms with Gasteiger partial charge in [0.25, 0.3) is 5.95 Å². The Bertz CT molecular complexity index is 572. The van der Waals surface area contributed by atoms with Gasteiger partial charge in [0.05, 0.1) is 5.69 Å². The number of anilines is 1. The SMILES string of the molecule is Cc1cc(C)nc(-n2nc(CC(C)(C)C)cc2N)n1. The number of nitrogen functional groups attached to an aromatic ring is 1. The Morgan fingerprint density at radius 1 is 1.11 bits per heavy atom. The van der Waals surface area contributed by atoms with Gasteiger partial charge in [0.1, 0.15) is 5.82 Å². The Hall–Kier alpha value is -1.91. The summed E-state index contributed by atoms with van der Waals surface area (Å²) in [5.41, 5.74) is 8.98. The molecule has 0 fully saturated rings. The Morgan fingerprint density at radius 3 is 2.21 bits per heavy atom. The second-order valence-electron chi connectivity index (χ2n) is 6.16. The maximum absolute atomic E-state index is 6.01. The van der Waals surface area contributed by atoms with Crippen LogP contribution in [0.25, 0.3) is 5.95 Å². The van der Waals surface area contributed by atoms with Gasteiger partial charge in [0.2, 0.25) is 0 Å². The van der Waals surface area contributed by atoms with Crippen LogP contribution in [0, 0.1) is 19.3 Å². The summed E-state index contributed by atoms with van der Waals surface area (Å²) < 4.78 is 1.61. The van der Waals surface area contributed by atoms with Crippen molar-refractivity contribution in [3.8, 4) is 5.95 Å². The molecule has 2 heterocycles. The highest BCUT2D eigenvalue weighted by Crippen LogP contribution is 2.22. The quantitative estimate of drug-likeness (QED) is 0.899. The van der Waals surface area contributed by atoms with Crippen LogP contribution in [0.2, 0.25) is 0 Å². The van der Waals surface area contributed by atoms with Gasteiger partial charge in [-0.25, -0.2) is 9.97 Å². The fraction of sp³-hybridized carbons (Fsp3) is 0.500. The number of aromatic nitrogens is 4. The van der Waals surface area contributed by atoms with Gasteiger partial charge in [-0.3, -0.25) is 0 Å². The molecule has 5 heteroatoms. The van der Waals surface area contributed by atoms with Crippen LogP contribution in [0.4, 0.5) is 5.82 Å². The minimum atomic E-state index is 0.176. The van der Waals surface area contributed by atoms with Crippen molar-refractivity contribution in [3.63, 3.8) is 0 Å². The number of nitrogens with zero attached hydrogens (tertiary/aromatic N) is 4. The monoisotopic (exact) mass is 259 g/mol. The summed E-state index contributed by atoms with van der Waals surface area (Å²) in [4.78, 5) is 8.77. The Morgan fingerprint density at radius 2 is 1.68 bits per heavy atom. The van der Waals surface area contributed by atoms with Crippen molar-refractivity contribution in [3.05, 3.63) is 29.2 Å². The van der Waals surface area contributed by atoms with E-state index in [0.717, 1.165) is 23.5 Å². The van der Waals surface area contributed by atoms with Crippen molar-refractivity contribution < 1.29 is 0 Å². The summed E-state index contributed by atoms with van der Waals surface area (Å²) in [7, 11) is 0. The van der Waals surface area contributed by atoms with Crippen molar-refractivity contribution >= 4 is 5.82 Å². The third kappa shape index (κ3) is 3.30. The Kier molecular flexibility index (Phi) is 3.30. The molecule has 0 aliphatic carbocycles. The van der Waals surface area contributed by atoms with E-state index in [2.05, 4.69) is 35.8 Å². The van der Waals surface area contributed by atoms with Crippen LogP contribution < -0.4 is 5.73 Å². The normalized spacial score (nSPS) is 11.8. The van der Waals surface area contributed by atoms with Crippen molar-refractivity contribution in [1.82, 2.24) is 19.7 Å². The molecule has 0 aromatic carbocycles. The van der Waals surface area contributed by atoms with Crippen molar-refractivity contribution in [2.45, 2.75) is 41.0 Å². The first-order valence-corrected chi connectivity index (χ1v) is 6.42. The van der Waals surface area contributed by atoms with E-state index in [0.29, 0.717) is 11.8 Å². The molecule has 0 bridgehead atoms. The molecule has 5 nitrogen and oxygen atoms in total. The minimum absolute atomic E-state index is 0.176. The van der Waals surface area contributed by atoms with E-state index in [-0.39, 0.29) is 5.41 Å². The molecule has 2 aromatic heterocycles. The van der Waals surface area contributed by atoms with Crippen LogP contribution >= 0.6 is 0 Å². The molecule has 0 atom stereocenters. The Balaban J connectivity index is 2.40. The van der Waals surface area contributed by atoms with Gasteiger partial charge in [0, 0.05) is 17.5 Å². The summed E-state index contributed by atoms with van der Waals surface area (Å²) in [6.45, 7) is 10.4. The summed E-state index contributed by atoms with van der Waals surface area (Å²) >= 11 is 0. The van der Waals surface area contributed by atoms with Crippen molar-refractivity contribution in [1.29, 1.82) is 0 Å². The summed E-state index contributed by atoms with van der Waals surface area (Å²) in [5.74, 6) is 1.11. The molecule has 0 aliphatic rings. The molecule has 0 amide bonds. The lowest BCUT2D eigenvalue weighted by molar-refractivity contribution is 0.405. The van der Waals surface area contributed by atoms with Gasteiger partial charge in [-0.15, -0.1) is 0 Å². The fourth-order valence-electron chi connectivity index (χ4n) is 2.04. The average molecular weight is 259 g/mol. The van der Waals surface area contributed by atoms with E-state index < -0.39 is 0 Å². The molecule has 2 rings (SSSR count). The highest BCUT2D eigenvalue weighted by Gasteiger charge is 2.16. The van der Waals surface area contributed by atoms with E-state index in [9.17, 15) is 0 Å². The first-order valence-electron chi connectivity index (χ1n) is 6.42. The molecule has 0 saturated carbocycles. The van der Waals surface area contributed by atoms with Gasteiger partial charge < -0.3 is 5.73 Å². The molecule has 0 radical (unpaired) electrons. The second kappa shape index (κ2) is 4.64. The zero-order valence-electron chi connectivity index (χ0n) is 12.2. The van der Waals surface area contributed by atoms with E-state index in [4.69, 9.17) is 5.73 Å². The number of hydrogen-bond acceptors (Lipinski definition) is 4. The molecular formula is C14H21N5. The molecule has 0 unspecified atom stereocenters. The average Bonchev–Trinajstić information content (AvgIpc) is 2.54. The lowest BCUT2D eigenvalue weighted by Crippen LogP contribution is -2.11. The van der Waals surface area contributed by atoms with E-state index in [1.807, 2.05) is 26.0 Å². The van der Waals surface area contributed by atoms with Crippen LogP contribution in [0.5, 0.6) is 0 Å². The predicted octanol–water partition coefficient (Wildman–Crippen LogP) is 2.45. The molecule has 2 N–H and O–H groups in total. The first-order chi connectivity index (χ1) is 8.74. The second-order valence-corrected chi connectivity index (χ2v) is 6.16. The molecule has 19 heavy (non-hydrogen) atoms. The fourth-order valence-corrected chi connectivity index (χ4v) is 2.04. The lowest BCUT2D eigenvalue weighted by Gasteiger charge is -2.15. The van der Waals surface area contributed by atoms with Gasteiger partial charge in [-0.1, -0.05) is 20.8 Å². The van der Waals surface area contributed by atoms with E-state index >= 15 is 0 Å². The van der Waals surface area contributed by atoms with Crippen molar-refractivity contribution in [2.24, 2.45) is 5.41 Å². The van der Waals surface area contributed by atoms with Gasteiger partial charge >= 0.3 is 0 Å². The maximum atomic E-state index is 6.01. The first kappa shape index (κ1) is 13.5. The third-order valence-corrected chi connectivity index (χ3v) is 2.66. The number of nitrogens with two attached hydrogens (primary N) is 1. The van der Waals surface area contributed by atoms with Crippen LogP contribution in [-0.2, 0) is 6.42 Å². The number of rotatable bonds is 2. The molecule has 2 aromatic rings. The molecule has 0 spiro atoms. The topological polar surface area (TPSA) is 69.6 Å². The lowest BCUT2D eigenvalue weighted by atomic mass is 9.91. The maximum Gasteiger partial charge on any atom is 0.252 e. The molecule has 0 saturated heterocycles. The largest absolute Gasteiger partial charge is 0.383 e. The minimum Gasteiger partial charge on any atom is -0.383 e. The van der Waals surface area contributed by atoms with Crippen molar-refractivity contribution in [2.75, 3.05) is 5.73 Å². The Labute approximate surface area is 113 Å². The molecular weight excluding hydrogens is 238 g/mol. The molecule has 102 valence electrons. The van der Waals surface area contributed by atoms with Gasteiger partial charge in [-0.2, -0.15) is 9.78 Å². The van der Waals surface area contributed by atoms with Gasteiger partial charge in [-0.05, 0) is 31.7 Å². The zero-order valence-corrected chi connectivity index (χ0v) is 12.2. The zero-order chi connectivity index (χ0) is 14.2. The smallest absolute Gasteiger partial charge is 0.252 e. The van der Waals surface area contributed by atoms with Crippen LogP contribution in [-0.4, -0.2) is 19.7 Å². The highest BCUT2D eigenvalue weighted by atomic mass is 15.4. The standard InChI is InChI=1S/C14H21N5/c1-9-6-10(2)17-13(16-9)19-12(15)7-11(18-19)8-14(3,4)5/h6-7H,8,15H2,1-5H3. The summed E-state index contributed by atoms with van der Waals surface area (Å²) in [5, 5.41) is 4.51.